The third kappa shape index (κ3) is 3.76. The average molecular weight is 279 g/mol. The predicted molar refractivity (Wildman–Crippen MR) is 92.8 cm³/mol. The molecule has 0 amide bonds. The number of anilines is 1. The summed E-state index contributed by atoms with van der Waals surface area (Å²) in [5, 5.41) is 0. The largest absolute Gasteiger partial charge is 0.496 e. The molecule has 0 aromatic heterocycles. The van der Waals surface area contributed by atoms with Crippen molar-refractivity contribution < 1.29 is 4.74 Å². The molecule has 0 fully saturated rings. The molecule has 108 valence electrons. The van der Waals surface area contributed by atoms with E-state index in [1.54, 1.807) is 7.11 Å². The quantitative estimate of drug-likeness (QED) is 0.743. The van der Waals surface area contributed by atoms with Gasteiger partial charge in [0.15, 0.2) is 0 Å². The molecule has 0 aliphatic carbocycles. The lowest BCUT2D eigenvalue weighted by molar-refractivity contribution is 0.414. The second kappa shape index (κ2) is 6.80. The number of rotatable bonds is 5. The van der Waals surface area contributed by atoms with Crippen LogP contribution in [0.25, 0.3) is 18.2 Å². The maximum atomic E-state index is 5.47. The topological polar surface area (TPSA) is 12.5 Å². The Balaban J connectivity index is 2.25. The van der Waals surface area contributed by atoms with Gasteiger partial charge in [0, 0.05) is 31.4 Å². The lowest BCUT2D eigenvalue weighted by Crippen LogP contribution is -2.08. The Morgan fingerprint density at radius 2 is 1.62 bits per heavy atom. The van der Waals surface area contributed by atoms with Gasteiger partial charge in [-0.15, -0.1) is 0 Å². The minimum absolute atomic E-state index is 0.875. The minimum Gasteiger partial charge on any atom is -0.496 e. The fourth-order valence-electron chi connectivity index (χ4n) is 2.04. The summed E-state index contributed by atoms with van der Waals surface area (Å²) in [5.41, 5.74) is 4.47. The first-order chi connectivity index (χ1) is 10.1. The molecule has 0 aliphatic heterocycles. The van der Waals surface area contributed by atoms with Crippen LogP contribution < -0.4 is 9.64 Å². The van der Waals surface area contributed by atoms with E-state index >= 15 is 0 Å². The van der Waals surface area contributed by atoms with E-state index in [1.165, 1.54) is 0 Å². The first kappa shape index (κ1) is 14.9. The monoisotopic (exact) mass is 279 g/mol. The number of hydrogen-bond acceptors (Lipinski definition) is 2. The molecular formula is C19H21NO. The highest BCUT2D eigenvalue weighted by atomic mass is 16.5. The van der Waals surface area contributed by atoms with Crippen LogP contribution in [-0.4, -0.2) is 21.2 Å². The lowest BCUT2D eigenvalue weighted by atomic mass is 10.1. The summed E-state index contributed by atoms with van der Waals surface area (Å²) in [7, 11) is 5.74. The average Bonchev–Trinajstić information content (AvgIpc) is 2.53. The molecule has 0 atom stereocenters. The SMILES string of the molecule is C=Cc1ccc(/C=C/c2ccc(N(C)C)cc2OC)cc1. The van der Waals surface area contributed by atoms with E-state index in [0.29, 0.717) is 0 Å². The molecule has 2 aromatic carbocycles. The van der Waals surface area contributed by atoms with Crippen molar-refractivity contribution in [1.29, 1.82) is 0 Å². The van der Waals surface area contributed by atoms with Gasteiger partial charge in [0.25, 0.3) is 0 Å². The van der Waals surface area contributed by atoms with Crippen LogP contribution in [0.3, 0.4) is 0 Å². The van der Waals surface area contributed by atoms with Crippen LogP contribution in [0.1, 0.15) is 16.7 Å². The van der Waals surface area contributed by atoms with E-state index in [2.05, 4.69) is 60.0 Å². The van der Waals surface area contributed by atoms with Crippen LogP contribution in [0.15, 0.2) is 49.0 Å². The summed E-state index contributed by atoms with van der Waals surface area (Å²) in [5.74, 6) is 0.875. The normalized spacial score (nSPS) is 10.6. The zero-order valence-electron chi connectivity index (χ0n) is 12.8. The van der Waals surface area contributed by atoms with Gasteiger partial charge >= 0.3 is 0 Å². The van der Waals surface area contributed by atoms with Crippen molar-refractivity contribution in [2.24, 2.45) is 0 Å². The Morgan fingerprint density at radius 1 is 0.952 bits per heavy atom. The highest BCUT2D eigenvalue weighted by Crippen LogP contribution is 2.26. The van der Waals surface area contributed by atoms with Crippen molar-refractivity contribution in [3.63, 3.8) is 0 Å². The number of methoxy groups -OCH3 is 1. The van der Waals surface area contributed by atoms with Crippen molar-refractivity contribution in [1.82, 2.24) is 0 Å². The molecule has 0 saturated heterocycles. The molecule has 2 nitrogen and oxygen atoms in total. The number of nitrogens with zero attached hydrogens (tertiary/aromatic N) is 1. The Kier molecular flexibility index (Phi) is 4.83. The van der Waals surface area contributed by atoms with Crippen molar-refractivity contribution >= 4 is 23.9 Å². The van der Waals surface area contributed by atoms with Gasteiger partial charge in [-0.3, -0.25) is 0 Å². The van der Waals surface area contributed by atoms with Crippen LogP contribution in [0.2, 0.25) is 0 Å². The van der Waals surface area contributed by atoms with Crippen LogP contribution >= 0.6 is 0 Å². The summed E-state index contributed by atoms with van der Waals surface area (Å²) in [6.45, 7) is 3.76. The molecule has 0 radical (unpaired) electrons. The molecule has 21 heavy (non-hydrogen) atoms. The van der Waals surface area contributed by atoms with E-state index < -0.39 is 0 Å². The predicted octanol–water partition coefficient (Wildman–Crippen LogP) is 4.57. The lowest BCUT2D eigenvalue weighted by Gasteiger charge is -2.14. The molecule has 2 rings (SSSR count). The zero-order valence-corrected chi connectivity index (χ0v) is 12.8. The summed E-state index contributed by atoms with van der Waals surface area (Å²) in [6, 6.07) is 14.5. The second-order valence-electron chi connectivity index (χ2n) is 5.02. The van der Waals surface area contributed by atoms with Gasteiger partial charge < -0.3 is 9.64 Å². The minimum atomic E-state index is 0.875. The molecule has 2 heteroatoms. The molecule has 2 aromatic rings. The third-order valence-electron chi connectivity index (χ3n) is 3.36. The van der Waals surface area contributed by atoms with Crippen LogP contribution in [-0.2, 0) is 0 Å². The standard InChI is InChI=1S/C19H21NO/c1-5-15-6-8-16(9-7-15)10-11-17-12-13-18(20(2)3)14-19(17)21-4/h5-14H,1H2,2-4H3/b11-10+. The Bertz CT molecular complexity index is 639. The second-order valence-corrected chi connectivity index (χ2v) is 5.02. The first-order valence-corrected chi connectivity index (χ1v) is 6.90. The summed E-state index contributed by atoms with van der Waals surface area (Å²) < 4.78 is 5.47. The van der Waals surface area contributed by atoms with E-state index in [9.17, 15) is 0 Å². The summed E-state index contributed by atoms with van der Waals surface area (Å²) in [6.07, 6.45) is 6.00. The van der Waals surface area contributed by atoms with E-state index in [4.69, 9.17) is 4.74 Å². The van der Waals surface area contributed by atoms with Gasteiger partial charge in [-0.2, -0.15) is 0 Å². The summed E-state index contributed by atoms with van der Waals surface area (Å²) in [4.78, 5) is 2.06. The third-order valence-corrected chi connectivity index (χ3v) is 3.36. The fraction of sp³-hybridized carbons (Fsp3) is 0.158. The molecule has 0 heterocycles. The fourth-order valence-corrected chi connectivity index (χ4v) is 2.04. The number of ether oxygens (including phenoxy) is 1. The van der Waals surface area contributed by atoms with Gasteiger partial charge in [-0.25, -0.2) is 0 Å². The van der Waals surface area contributed by atoms with Crippen LogP contribution in [0.4, 0.5) is 5.69 Å². The molecule has 0 unspecified atom stereocenters. The molecule has 0 spiro atoms. The molecule has 0 N–H and O–H groups in total. The van der Waals surface area contributed by atoms with Gasteiger partial charge in [-0.05, 0) is 23.3 Å². The zero-order chi connectivity index (χ0) is 15.2. The van der Waals surface area contributed by atoms with Gasteiger partial charge in [-0.1, -0.05) is 49.1 Å². The van der Waals surface area contributed by atoms with E-state index in [0.717, 1.165) is 28.1 Å². The maximum Gasteiger partial charge on any atom is 0.128 e. The van der Waals surface area contributed by atoms with Gasteiger partial charge in [0.05, 0.1) is 7.11 Å². The molecule has 0 aliphatic rings. The Morgan fingerprint density at radius 3 is 2.19 bits per heavy atom. The Hall–Kier alpha value is -2.48. The molecule has 0 saturated carbocycles. The van der Waals surface area contributed by atoms with Crippen molar-refractivity contribution in [3.05, 3.63) is 65.7 Å². The highest BCUT2D eigenvalue weighted by molar-refractivity contribution is 5.74. The first-order valence-electron chi connectivity index (χ1n) is 6.90. The molecular weight excluding hydrogens is 258 g/mol. The smallest absolute Gasteiger partial charge is 0.128 e. The van der Waals surface area contributed by atoms with Crippen LogP contribution in [0, 0.1) is 0 Å². The highest BCUT2D eigenvalue weighted by Gasteiger charge is 2.03. The Labute approximate surface area is 127 Å². The maximum absolute atomic E-state index is 5.47. The van der Waals surface area contributed by atoms with E-state index in [1.807, 2.05) is 26.2 Å². The summed E-state index contributed by atoms with van der Waals surface area (Å²) >= 11 is 0. The molecule has 0 bridgehead atoms. The van der Waals surface area contributed by atoms with Crippen molar-refractivity contribution in [3.8, 4) is 5.75 Å². The van der Waals surface area contributed by atoms with Crippen LogP contribution in [0.5, 0.6) is 5.75 Å². The van der Waals surface area contributed by atoms with E-state index in [-0.39, 0.29) is 0 Å². The number of hydrogen-bond donors (Lipinski definition) is 0. The van der Waals surface area contributed by atoms with Gasteiger partial charge in [0.2, 0.25) is 0 Å². The van der Waals surface area contributed by atoms with Crippen molar-refractivity contribution in [2.45, 2.75) is 0 Å². The number of benzene rings is 2. The van der Waals surface area contributed by atoms with Gasteiger partial charge in [0.1, 0.15) is 5.75 Å². The van der Waals surface area contributed by atoms with Crippen molar-refractivity contribution in [2.75, 3.05) is 26.1 Å².